The highest BCUT2D eigenvalue weighted by atomic mass is 31.2. The van der Waals surface area contributed by atoms with Gasteiger partial charge in [0.2, 0.25) is 0 Å². The van der Waals surface area contributed by atoms with E-state index in [2.05, 4.69) is 38.2 Å². The van der Waals surface area contributed by atoms with Crippen molar-refractivity contribution in [1.82, 2.24) is 0 Å². The summed E-state index contributed by atoms with van der Waals surface area (Å²) in [6.45, 7) is 4.15. The molecule has 294 valence electrons. The Morgan fingerprint density at radius 3 is 1.56 bits per heavy atom. The van der Waals surface area contributed by atoms with Crippen LogP contribution in [0.5, 0.6) is 0 Å². The molecule has 1 unspecified atom stereocenters. The number of phosphoric ester groups is 1. The molecule has 50 heavy (non-hydrogen) atoms. The van der Waals surface area contributed by atoms with Crippen molar-refractivity contribution in [3.8, 4) is 0 Å². The van der Waals surface area contributed by atoms with E-state index < -0.39 is 32.5 Å². The van der Waals surface area contributed by atoms with Crippen molar-refractivity contribution in [3.05, 3.63) is 24.3 Å². The number of hydrogen-bond donors (Lipinski definition) is 0. The van der Waals surface area contributed by atoms with E-state index in [-0.39, 0.29) is 26.1 Å². The average Bonchev–Trinajstić information content (AvgIpc) is 3.06. The molecule has 0 aromatic carbocycles. The quantitative estimate of drug-likeness (QED) is 0.0206. The summed E-state index contributed by atoms with van der Waals surface area (Å²) in [7, 11) is 1.15. The van der Waals surface area contributed by atoms with Gasteiger partial charge in [-0.2, -0.15) is 0 Å². The summed E-state index contributed by atoms with van der Waals surface area (Å²) in [6.07, 6.45) is 33.5. The van der Waals surface area contributed by atoms with Crippen molar-refractivity contribution in [2.24, 2.45) is 0 Å². The molecule has 10 heteroatoms. The monoisotopic (exact) mass is 730 g/mol. The van der Waals surface area contributed by atoms with Gasteiger partial charge in [-0.25, -0.2) is 0 Å². The molecule has 0 heterocycles. The lowest BCUT2D eigenvalue weighted by Gasteiger charge is -2.28. The smallest absolute Gasteiger partial charge is 0.306 e. The third-order valence-electron chi connectivity index (χ3n) is 8.44. The third kappa shape index (κ3) is 36.3. The maximum Gasteiger partial charge on any atom is 0.306 e. The molecule has 0 rings (SSSR count). The second kappa shape index (κ2) is 33.3. The van der Waals surface area contributed by atoms with E-state index in [4.69, 9.17) is 18.5 Å². The lowest BCUT2D eigenvalue weighted by Crippen LogP contribution is -2.37. The van der Waals surface area contributed by atoms with Crippen LogP contribution in [-0.2, 0) is 32.7 Å². The summed E-state index contributed by atoms with van der Waals surface area (Å²) in [5.74, 6) is -0.864. The van der Waals surface area contributed by atoms with Crippen molar-refractivity contribution >= 4 is 19.8 Å². The number of nitrogens with zero attached hydrogens (tertiary/aromatic N) is 1. The Labute approximate surface area is 307 Å². The summed E-state index contributed by atoms with van der Waals surface area (Å²) in [5.41, 5.74) is 0. The summed E-state index contributed by atoms with van der Waals surface area (Å²) in [4.78, 5) is 37.3. The predicted octanol–water partition coefficient (Wildman–Crippen LogP) is 10.2. The molecule has 0 aliphatic rings. The fourth-order valence-electron chi connectivity index (χ4n) is 5.22. The molecule has 0 N–H and O–H groups in total. The van der Waals surface area contributed by atoms with Crippen LogP contribution in [-0.4, -0.2) is 70.0 Å². The van der Waals surface area contributed by atoms with Gasteiger partial charge in [-0.05, 0) is 57.8 Å². The maximum absolute atomic E-state index is 12.6. The van der Waals surface area contributed by atoms with Crippen LogP contribution >= 0.6 is 7.82 Å². The van der Waals surface area contributed by atoms with E-state index in [1.54, 1.807) is 0 Å². The Kier molecular flexibility index (Phi) is 32.3. The number of carbonyl (C=O) groups excluding carboxylic acids is 2. The normalized spacial score (nSPS) is 14.0. The number of quaternary nitrogens is 1. The maximum atomic E-state index is 12.6. The second-order valence-electron chi connectivity index (χ2n) is 14.6. The van der Waals surface area contributed by atoms with Gasteiger partial charge in [-0.15, -0.1) is 0 Å². The first-order valence-electron chi connectivity index (χ1n) is 20.0. The highest BCUT2D eigenvalue weighted by molar-refractivity contribution is 7.45. The largest absolute Gasteiger partial charge is 0.756 e. The number of esters is 2. The molecular weight excluding hydrogens is 653 g/mol. The Hall–Kier alpha value is -1.51. The fourth-order valence-corrected chi connectivity index (χ4v) is 5.95. The number of allylic oxidation sites excluding steroid dienone is 4. The summed E-state index contributed by atoms with van der Waals surface area (Å²) in [5, 5.41) is 0. The standard InChI is InChI=1S/C40H76NO8P/c1-6-8-10-12-14-16-18-19-20-21-23-24-26-28-30-32-39(42)46-36-38(37-48-50(44,45)47-35-34-41(3,4)5)49-40(43)33-31-29-27-25-22-17-15-13-11-9-7-2/h13,15,21,23,38H,6-12,14,16-20,22,24-37H2,1-5H3/b15-13+,23-21+/t38-/m1/s1. The van der Waals surface area contributed by atoms with Gasteiger partial charge < -0.3 is 27.9 Å². The van der Waals surface area contributed by atoms with Gasteiger partial charge in [0, 0.05) is 12.8 Å². The zero-order chi connectivity index (χ0) is 37.2. The number of unbranched alkanes of at least 4 members (excludes halogenated alkanes) is 18. The molecule has 0 aliphatic heterocycles. The Morgan fingerprint density at radius 1 is 0.600 bits per heavy atom. The molecule has 0 aromatic rings. The van der Waals surface area contributed by atoms with E-state index in [1.165, 1.54) is 64.2 Å². The molecule has 0 amide bonds. The molecule has 0 bridgehead atoms. The highest BCUT2D eigenvalue weighted by Gasteiger charge is 2.21. The van der Waals surface area contributed by atoms with Crippen molar-refractivity contribution in [3.63, 3.8) is 0 Å². The number of rotatable bonds is 36. The van der Waals surface area contributed by atoms with Crippen molar-refractivity contribution in [2.45, 2.75) is 174 Å². The van der Waals surface area contributed by atoms with Crippen molar-refractivity contribution in [2.75, 3.05) is 47.5 Å². The topological polar surface area (TPSA) is 111 Å². The molecule has 0 spiro atoms. The lowest BCUT2D eigenvalue weighted by molar-refractivity contribution is -0.870. The minimum absolute atomic E-state index is 0.0338. The van der Waals surface area contributed by atoms with E-state index in [1.807, 2.05) is 21.1 Å². The van der Waals surface area contributed by atoms with Crippen molar-refractivity contribution in [1.29, 1.82) is 0 Å². The molecule has 0 radical (unpaired) electrons. The van der Waals surface area contributed by atoms with Crippen LogP contribution in [0.2, 0.25) is 0 Å². The van der Waals surface area contributed by atoms with E-state index in [0.717, 1.165) is 64.2 Å². The van der Waals surface area contributed by atoms with Gasteiger partial charge in [0.05, 0.1) is 27.7 Å². The second-order valence-corrected chi connectivity index (χ2v) is 16.1. The highest BCUT2D eigenvalue weighted by Crippen LogP contribution is 2.38. The van der Waals surface area contributed by atoms with E-state index in [9.17, 15) is 19.0 Å². The van der Waals surface area contributed by atoms with Gasteiger partial charge in [0.1, 0.15) is 19.8 Å². The molecule has 2 atom stereocenters. The molecule has 0 saturated heterocycles. The van der Waals surface area contributed by atoms with E-state index in [0.29, 0.717) is 23.9 Å². The first kappa shape index (κ1) is 48.5. The zero-order valence-electron chi connectivity index (χ0n) is 32.8. The Balaban J connectivity index is 4.42. The average molecular weight is 730 g/mol. The van der Waals surface area contributed by atoms with Crippen molar-refractivity contribution < 1.29 is 42.1 Å². The number of phosphoric acid groups is 1. The van der Waals surface area contributed by atoms with Crippen LogP contribution in [0.15, 0.2) is 24.3 Å². The third-order valence-corrected chi connectivity index (χ3v) is 9.41. The first-order chi connectivity index (χ1) is 24.0. The fraction of sp³-hybridized carbons (Fsp3) is 0.850. The van der Waals surface area contributed by atoms with Crippen LogP contribution < -0.4 is 4.89 Å². The molecule has 0 saturated carbocycles. The Morgan fingerprint density at radius 2 is 1.04 bits per heavy atom. The van der Waals surface area contributed by atoms with Gasteiger partial charge >= 0.3 is 11.9 Å². The number of ether oxygens (including phenoxy) is 2. The minimum Gasteiger partial charge on any atom is -0.756 e. The van der Waals surface area contributed by atoms with Crippen LogP contribution in [0, 0.1) is 0 Å². The summed E-state index contributed by atoms with van der Waals surface area (Å²) in [6, 6.07) is 0. The van der Waals surface area contributed by atoms with Gasteiger partial charge in [-0.1, -0.05) is 122 Å². The predicted molar refractivity (Wildman–Crippen MR) is 204 cm³/mol. The van der Waals surface area contributed by atoms with Gasteiger partial charge in [-0.3, -0.25) is 14.2 Å². The van der Waals surface area contributed by atoms with Gasteiger partial charge in [0.15, 0.2) is 6.10 Å². The molecule has 0 aliphatic carbocycles. The van der Waals surface area contributed by atoms with Crippen LogP contribution in [0.3, 0.4) is 0 Å². The molecule has 0 fully saturated rings. The molecular formula is C40H76NO8P. The minimum atomic E-state index is -4.62. The number of carbonyl (C=O) groups is 2. The van der Waals surface area contributed by atoms with Crippen LogP contribution in [0.25, 0.3) is 0 Å². The van der Waals surface area contributed by atoms with Crippen LogP contribution in [0.1, 0.15) is 168 Å². The molecule has 0 aromatic heterocycles. The summed E-state index contributed by atoms with van der Waals surface area (Å²) >= 11 is 0. The molecule has 9 nitrogen and oxygen atoms in total. The number of hydrogen-bond acceptors (Lipinski definition) is 8. The Bertz CT molecular complexity index is 918. The first-order valence-corrected chi connectivity index (χ1v) is 21.5. The summed E-state index contributed by atoms with van der Waals surface area (Å²) < 4.78 is 33.7. The zero-order valence-corrected chi connectivity index (χ0v) is 33.7. The van der Waals surface area contributed by atoms with Crippen LogP contribution in [0.4, 0.5) is 0 Å². The lowest BCUT2D eigenvalue weighted by atomic mass is 10.1. The van der Waals surface area contributed by atoms with E-state index >= 15 is 0 Å². The number of likely N-dealkylation sites (N-methyl/N-ethyl adjacent to an activating group) is 1. The van der Waals surface area contributed by atoms with Gasteiger partial charge in [0.25, 0.3) is 7.82 Å². The SMILES string of the molecule is CCCC/C=C/CCCCCCCC(=O)O[C@H](COC(=O)CCCCC/C=C/CCCCCCCCCC)COP(=O)([O-])OCC[N+](C)(C)C.